The average molecular weight is 1410 g/mol. The Morgan fingerprint density at radius 3 is 1.65 bits per heavy atom. The number of esters is 1. The number of allylic oxidation sites excluding steroid dienone is 2. The number of carbonyl (C=O) groups excluding carboxylic acids is 4. The molecule has 556 valence electrons. The van der Waals surface area contributed by atoms with E-state index >= 15 is 0 Å². The number of terminal acetylenes is 1. The molecule has 20 heteroatoms. The fraction of sp³-hybridized carbons (Fsp3) is 0.700. The van der Waals surface area contributed by atoms with E-state index in [1.165, 1.54) is 64.7 Å². The van der Waals surface area contributed by atoms with Gasteiger partial charge in [0.25, 0.3) is 0 Å². The number of rotatable bonds is 57. The first-order chi connectivity index (χ1) is 48.7. The minimum Gasteiger partial charge on any atom is -0.457 e. The molecule has 2 saturated heterocycles. The third kappa shape index (κ3) is 43.1. The molecule has 0 aromatic carbocycles. The van der Waals surface area contributed by atoms with Crippen LogP contribution in [0, 0.1) is 83.4 Å². The zero-order valence-corrected chi connectivity index (χ0v) is 62.0. The van der Waals surface area contributed by atoms with Gasteiger partial charge >= 0.3 is 13.8 Å². The smallest absolute Gasteiger partial charge is 0.457 e. The van der Waals surface area contributed by atoms with E-state index in [4.69, 9.17) is 57.9 Å². The van der Waals surface area contributed by atoms with E-state index in [0.717, 1.165) is 122 Å². The predicted molar refractivity (Wildman–Crippen MR) is 391 cm³/mol. The van der Waals surface area contributed by atoms with Crippen LogP contribution in [0.15, 0.2) is 37.5 Å². The summed E-state index contributed by atoms with van der Waals surface area (Å²) in [5.41, 5.74) is 0. The number of carbonyl (C=O) groups is 4. The van der Waals surface area contributed by atoms with Gasteiger partial charge in [-0.1, -0.05) is 179 Å². The van der Waals surface area contributed by atoms with E-state index in [-0.39, 0.29) is 77.3 Å². The van der Waals surface area contributed by atoms with Crippen LogP contribution < -0.4 is 10.6 Å². The topological polar surface area (TPSA) is 231 Å². The molecular formula is C80H119N2O17P. The van der Waals surface area contributed by atoms with E-state index in [9.17, 15) is 28.8 Å². The van der Waals surface area contributed by atoms with Gasteiger partial charge in [-0.15, -0.1) is 19.6 Å². The number of unbranched alkanes of at least 4 members (excludes halogenated alkanes) is 22. The lowest BCUT2D eigenvalue weighted by Crippen LogP contribution is -2.66. The summed E-state index contributed by atoms with van der Waals surface area (Å²) in [5, 5.41) is 17.7. The number of hydrogen-bond donors (Lipinski definition) is 3. The summed E-state index contributed by atoms with van der Waals surface area (Å²) < 4.78 is 83.0. The standard InChI is InChI=1S/C80H119N2O17P/c1-10-16-20-24-27-30-32-34-35-37-39-41-43-47-51-57-71(85)81-74-78(92-63-58-68(90-9)55-50-45-23-19-13-4)76(99-100(88,94-59-14-5)95-60-15-6)70(65-89-8)98-80(74)93-62-53-56-69-75(96-66(7)83)77(91-61-52-48-44-29-26-22-18-12-3)73(79(87)97-69)82-72(86)64-67(84)54-49-46-42-40-38-36-33-31-28-25-21-17-11-2/h2,14-15,30,32,68-70,73-80,87H,5-6,10,12-13,16,18-20,22-24,26-27,29,34-35,37,39,41,43-45,47-48,50-65H2,1,3-4,7-9H3,(H,81,85)(H,82,86)/b32-30-/t68-,69-,70-,73?,74-,75-,76-,77-,78-,79?,80?/m1/s1. The lowest BCUT2D eigenvalue weighted by Gasteiger charge is -2.46. The van der Waals surface area contributed by atoms with Crippen LogP contribution in [-0.2, 0) is 75.2 Å². The third-order valence-corrected chi connectivity index (χ3v) is 18.0. The number of methoxy groups -OCH3 is 2. The molecule has 2 aliphatic rings. The van der Waals surface area contributed by atoms with Crippen molar-refractivity contribution in [2.45, 2.75) is 307 Å². The van der Waals surface area contributed by atoms with Crippen LogP contribution in [0.3, 0.4) is 0 Å². The molecule has 0 spiro atoms. The molecule has 0 aromatic rings. The Morgan fingerprint density at radius 2 is 1.08 bits per heavy atom. The number of phosphoric ester groups is 1. The van der Waals surface area contributed by atoms with Crippen LogP contribution >= 0.6 is 7.82 Å². The van der Waals surface area contributed by atoms with Crippen molar-refractivity contribution < 1.29 is 80.3 Å². The molecule has 0 aromatic heterocycles. The van der Waals surface area contributed by atoms with Crippen LogP contribution in [0.2, 0.25) is 0 Å². The molecule has 0 radical (unpaired) electrons. The molecule has 11 atom stereocenters. The number of hydrogen-bond acceptors (Lipinski definition) is 17. The number of amides is 2. The minimum absolute atomic E-state index is 0.0382. The summed E-state index contributed by atoms with van der Waals surface area (Å²) in [6, 6.07) is -2.34. The summed E-state index contributed by atoms with van der Waals surface area (Å²) in [6.07, 6.45) is 31.7. The van der Waals surface area contributed by atoms with Crippen molar-refractivity contribution >= 4 is 31.4 Å². The van der Waals surface area contributed by atoms with Crippen molar-refractivity contribution in [2.24, 2.45) is 0 Å². The largest absolute Gasteiger partial charge is 0.475 e. The first-order valence-corrected chi connectivity index (χ1v) is 38.2. The van der Waals surface area contributed by atoms with Crippen LogP contribution in [0.4, 0.5) is 0 Å². The Balaban J connectivity index is 2.50. The fourth-order valence-electron chi connectivity index (χ4n) is 11.4. The second-order valence-electron chi connectivity index (χ2n) is 24.9. The van der Waals surface area contributed by atoms with Crippen molar-refractivity contribution in [3.05, 3.63) is 37.5 Å². The van der Waals surface area contributed by atoms with E-state index in [2.05, 4.69) is 134 Å². The van der Waals surface area contributed by atoms with E-state index < -0.39 is 93.2 Å². The first kappa shape index (κ1) is 90.1. The van der Waals surface area contributed by atoms with E-state index in [1.54, 1.807) is 7.11 Å². The maximum absolute atomic E-state index is 14.6. The average Bonchev–Trinajstić information content (AvgIpc) is 0.789. The molecule has 19 nitrogen and oxygen atoms in total. The Morgan fingerprint density at radius 1 is 0.570 bits per heavy atom. The molecule has 2 fully saturated rings. The van der Waals surface area contributed by atoms with Gasteiger partial charge in [-0.3, -0.25) is 32.7 Å². The van der Waals surface area contributed by atoms with Crippen LogP contribution in [0.1, 0.15) is 240 Å². The molecule has 0 saturated carbocycles. The molecule has 100 heavy (non-hydrogen) atoms. The molecule has 2 aliphatic heterocycles. The maximum Gasteiger partial charge on any atom is 0.475 e. The third-order valence-electron chi connectivity index (χ3n) is 16.6. The summed E-state index contributed by atoms with van der Waals surface area (Å²) in [4.78, 5) is 54.0. The van der Waals surface area contributed by atoms with Gasteiger partial charge in [0.05, 0.1) is 38.8 Å². The highest BCUT2D eigenvalue weighted by Crippen LogP contribution is 2.52. The number of aliphatic hydroxyl groups is 1. The van der Waals surface area contributed by atoms with Crippen molar-refractivity contribution in [3.8, 4) is 83.4 Å². The fourth-order valence-corrected chi connectivity index (χ4v) is 12.8. The van der Waals surface area contributed by atoms with Gasteiger partial charge in [0.15, 0.2) is 24.5 Å². The molecule has 3 N–H and O–H groups in total. The zero-order chi connectivity index (χ0) is 73.0. The highest BCUT2D eigenvalue weighted by atomic mass is 31.2. The molecule has 2 amide bonds. The quantitative estimate of drug-likeness (QED) is 0.0128. The molecule has 2 heterocycles. The summed E-state index contributed by atoms with van der Waals surface area (Å²) in [5.74, 6) is 29.7. The van der Waals surface area contributed by atoms with Crippen LogP contribution in [0.25, 0.3) is 0 Å². The second kappa shape index (κ2) is 60.6. The summed E-state index contributed by atoms with van der Waals surface area (Å²) in [7, 11) is -1.27. The summed E-state index contributed by atoms with van der Waals surface area (Å²) >= 11 is 0. The van der Waals surface area contributed by atoms with Gasteiger partial charge in [0.1, 0.15) is 42.6 Å². The monoisotopic (exact) mass is 1410 g/mol. The lowest BCUT2D eigenvalue weighted by molar-refractivity contribution is -0.278. The highest BCUT2D eigenvalue weighted by Gasteiger charge is 2.53. The molecular weight excluding hydrogens is 1290 g/mol. The number of ketones is 1. The van der Waals surface area contributed by atoms with Crippen molar-refractivity contribution in [1.29, 1.82) is 0 Å². The first-order valence-electron chi connectivity index (χ1n) is 36.8. The van der Waals surface area contributed by atoms with Gasteiger partial charge in [-0.2, -0.15) is 0 Å². The molecule has 0 bridgehead atoms. The Hall–Kier alpha value is -5.99. The van der Waals surface area contributed by atoms with Gasteiger partial charge in [0, 0.05) is 47.4 Å². The Bertz CT molecular complexity index is 2820. The van der Waals surface area contributed by atoms with E-state index in [1.807, 2.05) is 0 Å². The number of aliphatic hydroxyl groups excluding tert-OH is 1. The maximum atomic E-state index is 14.6. The number of ether oxygens (including phenoxy) is 8. The van der Waals surface area contributed by atoms with Gasteiger partial charge in [-0.05, 0) is 135 Å². The number of Topliss-reactive ketones (excluding diaryl/α,β-unsaturated/α-hetero) is 1. The van der Waals surface area contributed by atoms with Crippen LogP contribution in [0.5, 0.6) is 0 Å². The minimum atomic E-state index is -4.43. The van der Waals surface area contributed by atoms with Crippen molar-refractivity contribution in [2.75, 3.05) is 53.9 Å². The normalized spacial score (nSPS) is 20.3. The molecule has 2 rings (SSSR count). The Kier molecular flexibility index (Phi) is 54.6. The molecule has 0 aliphatic carbocycles. The van der Waals surface area contributed by atoms with Crippen molar-refractivity contribution in [1.82, 2.24) is 10.6 Å². The zero-order valence-electron chi connectivity index (χ0n) is 61.2. The SMILES string of the molecule is C#CC#CC#CC#CC#CC#CC#CCC(=O)CC(=O)NC1C(O)O[C@H](CCCOC2O[C@H](COC)[C@@H](OP(=O)(OCC=C)OCC=C)[C@H](OCC[C@@H](CCCCCCC)OC)[C@H]2NC(=O)CCCCCCCCC/C=C\CCCCCC)[C@@H](OC(C)=O)[C@@H]1OCCCCCCCCCC. The van der Waals surface area contributed by atoms with Gasteiger partial charge < -0.3 is 53.6 Å². The van der Waals surface area contributed by atoms with Gasteiger partial charge in [0.2, 0.25) is 11.8 Å². The summed E-state index contributed by atoms with van der Waals surface area (Å²) in [6.45, 7) is 15.1. The predicted octanol–water partition coefficient (Wildman–Crippen LogP) is 13.4. The lowest BCUT2D eigenvalue weighted by atomic mass is 9.93. The number of phosphoric acid groups is 1. The highest BCUT2D eigenvalue weighted by molar-refractivity contribution is 7.48. The second-order valence-corrected chi connectivity index (χ2v) is 26.6. The number of nitrogens with one attached hydrogen (secondary N) is 2. The van der Waals surface area contributed by atoms with Gasteiger partial charge in [-0.25, -0.2) is 4.57 Å². The van der Waals surface area contributed by atoms with Crippen LogP contribution in [-0.4, -0.2) is 150 Å². The van der Waals surface area contributed by atoms with E-state index in [0.29, 0.717) is 19.3 Å². The molecule has 3 unspecified atom stereocenters. The Labute approximate surface area is 601 Å². The van der Waals surface area contributed by atoms with Crippen molar-refractivity contribution in [3.63, 3.8) is 0 Å².